The predicted molar refractivity (Wildman–Crippen MR) is 103 cm³/mol. The number of ether oxygens (including phenoxy) is 1. The van der Waals surface area contributed by atoms with Crippen molar-refractivity contribution in [2.75, 3.05) is 20.3 Å². The summed E-state index contributed by atoms with van der Waals surface area (Å²) >= 11 is 0. The van der Waals surface area contributed by atoms with Crippen molar-refractivity contribution in [2.24, 2.45) is 0 Å². The first kappa shape index (κ1) is 21.6. The molecule has 1 aromatic carbocycles. The SMILES string of the molecule is COCC(=O)N(CC(=O)N(Cc1ccc(F)cc1)Cc1ccc(C)o1)C(C)C. The van der Waals surface area contributed by atoms with Gasteiger partial charge in [0.25, 0.3) is 0 Å². The van der Waals surface area contributed by atoms with Crippen molar-refractivity contribution in [1.82, 2.24) is 9.80 Å². The molecule has 0 spiro atoms. The van der Waals surface area contributed by atoms with E-state index < -0.39 is 0 Å². The summed E-state index contributed by atoms with van der Waals surface area (Å²) in [6.45, 7) is 5.92. The normalized spacial score (nSPS) is 10.9. The lowest BCUT2D eigenvalue weighted by atomic mass is 10.2. The Bertz CT molecular complexity index is 786. The standard InChI is InChI=1S/C21H27FN2O4/c1-15(2)24(21(26)14-27-4)13-20(25)23(12-19-10-5-16(3)28-19)11-17-6-8-18(22)9-7-17/h5-10,15H,11-14H2,1-4H3. The molecular weight excluding hydrogens is 363 g/mol. The molecule has 0 aliphatic heterocycles. The van der Waals surface area contributed by atoms with Crippen LogP contribution in [0.15, 0.2) is 40.8 Å². The number of rotatable bonds is 9. The van der Waals surface area contributed by atoms with E-state index in [0.29, 0.717) is 5.76 Å². The van der Waals surface area contributed by atoms with Crippen LogP contribution in [0.25, 0.3) is 0 Å². The number of methoxy groups -OCH3 is 1. The highest BCUT2D eigenvalue weighted by atomic mass is 19.1. The van der Waals surface area contributed by atoms with Crippen LogP contribution in [0.3, 0.4) is 0 Å². The van der Waals surface area contributed by atoms with Crippen LogP contribution in [0.1, 0.15) is 30.9 Å². The second kappa shape index (κ2) is 10.0. The van der Waals surface area contributed by atoms with Crippen LogP contribution in [0.5, 0.6) is 0 Å². The molecule has 1 aromatic heterocycles. The van der Waals surface area contributed by atoms with E-state index in [1.807, 2.05) is 32.9 Å². The maximum atomic E-state index is 13.2. The second-order valence-electron chi connectivity index (χ2n) is 6.94. The number of halogens is 1. The second-order valence-corrected chi connectivity index (χ2v) is 6.94. The fraction of sp³-hybridized carbons (Fsp3) is 0.429. The zero-order chi connectivity index (χ0) is 20.7. The average Bonchev–Trinajstić information content (AvgIpc) is 3.05. The van der Waals surface area contributed by atoms with Crippen molar-refractivity contribution in [3.8, 4) is 0 Å². The van der Waals surface area contributed by atoms with Crippen LogP contribution in [0, 0.1) is 12.7 Å². The van der Waals surface area contributed by atoms with Gasteiger partial charge in [-0.2, -0.15) is 0 Å². The molecule has 2 aromatic rings. The summed E-state index contributed by atoms with van der Waals surface area (Å²) in [7, 11) is 1.44. The molecule has 0 saturated carbocycles. The molecule has 0 unspecified atom stereocenters. The first-order valence-electron chi connectivity index (χ1n) is 9.16. The van der Waals surface area contributed by atoms with Crippen LogP contribution in [-0.2, 0) is 27.4 Å². The third-order valence-electron chi connectivity index (χ3n) is 4.30. The lowest BCUT2D eigenvalue weighted by Crippen LogP contribution is -2.46. The monoisotopic (exact) mass is 390 g/mol. The molecule has 2 amide bonds. The van der Waals surface area contributed by atoms with Crippen LogP contribution in [0.4, 0.5) is 4.39 Å². The van der Waals surface area contributed by atoms with Gasteiger partial charge < -0.3 is 19.0 Å². The summed E-state index contributed by atoms with van der Waals surface area (Å²) in [5.41, 5.74) is 0.789. The Labute approximate surface area is 164 Å². The number of carbonyl (C=O) groups excluding carboxylic acids is 2. The van der Waals surface area contributed by atoms with Gasteiger partial charge in [0, 0.05) is 19.7 Å². The number of aryl methyl sites for hydroxylation is 1. The van der Waals surface area contributed by atoms with Crippen LogP contribution in [-0.4, -0.2) is 47.9 Å². The lowest BCUT2D eigenvalue weighted by molar-refractivity contribution is -0.145. The minimum atomic E-state index is -0.334. The fourth-order valence-corrected chi connectivity index (χ4v) is 2.81. The number of hydrogen-bond acceptors (Lipinski definition) is 4. The molecule has 0 bridgehead atoms. The third kappa shape index (κ3) is 6.20. The summed E-state index contributed by atoms with van der Waals surface area (Å²) < 4.78 is 23.7. The molecule has 0 radical (unpaired) electrons. The van der Waals surface area contributed by atoms with E-state index in [9.17, 15) is 14.0 Å². The van der Waals surface area contributed by atoms with Crippen molar-refractivity contribution in [3.63, 3.8) is 0 Å². The van der Waals surface area contributed by atoms with Crippen LogP contribution >= 0.6 is 0 Å². The first-order valence-corrected chi connectivity index (χ1v) is 9.16. The Kier molecular flexibility index (Phi) is 7.75. The predicted octanol–water partition coefficient (Wildman–Crippen LogP) is 3.14. The van der Waals surface area contributed by atoms with E-state index in [0.717, 1.165) is 11.3 Å². The minimum Gasteiger partial charge on any atom is -0.464 e. The maximum absolute atomic E-state index is 13.2. The molecule has 152 valence electrons. The highest BCUT2D eigenvalue weighted by Crippen LogP contribution is 2.15. The van der Waals surface area contributed by atoms with Gasteiger partial charge in [-0.05, 0) is 50.6 Å². The van der Waals surface area contributed by atoms with Crippen molar-refractivity contribution < 1.29 is 23.1 Å². The molecule has 0 aliphatic carbocycles. The van der Waals surface area contributed by atoms with Crippen LogP contribution in [0.2, 0.25) is 0 Å². The van der Waals surface area contributed by atoms with E-state index in [4.69, 9.17) is 9.15 Å². The van der Waals surface area contributed by atoms with E-state index in [1.165, 1.54) is 24.1 Å². The van der Waals surface area contributed by atoms with Gasteiger partial charge in [-0.15, -0.1) is 0 Å². The Morgan fingerprint density at radius 2 is 1.75 bits per heavy atom. The summed E-state index contributed by atoms with van der Waals surface area (Å²) in [5.74, 6) is 0.591. The molecule has 0 saturated heterocycles. The molecule has 2 rings (SSSR count). The molecule has 0 fully saturated rings. The van der Waals surface area contributed by atoms with Crippen molar-refractivity contribution in [1.29, 1.82) is 0 Å². The van der Waals surface area contributed by atoms with E-state index in [-0.39, 0.29) is 49.9 Å². The van der Waals surface area contributed by atoms with Crippen LogP contribution < -0.4 is 0 Å². The van der Waals surface area contributed by atoms with Gasteiger partial charge in [-0.3, -0.25) is 9.59 Å². The molecule has 0 aliphatic rings. The first-order chi connectivity index (χ1) is 13.3. The largest absolute Gasteiger partial charge is 0.464 e. The summed E-state index contributed by atoms with van der Waals surface area (Å²) in [6.07, 6.45) is 0. The third-order valence-corrected chi connectivity index (χ3v) is 4.30. The average molecular weight is 390 g/mol. The Morgan fingerprint density at radius 3 is 2.29 bits per heavy atom. The number of hydrogen-bond donors (Lipinski definition) is 0. The lowest BCUT2D eigenvalue weighted by Gasteiger charge is -2.29. The highest BCUT2D eigenvalue weighted by Gasteiger charge is 2.24. The Balaban J connectivity index is 2.19. The smallest absolute Gasteiger partial charge is 0.249 e. The molecule has 28 heavy (non-hydrogen) atoms. The maximum Gasteiger partial charge on any atom is 0.249 e. The number of nitrogens with zero attached hydrogens (tertiary/aromatic N) is 2. The molecule has 7 heteroatoms. The summed E-state index contributed by atoms with van der Waals surface area (Å²) in [4.78, 5) is 28.4. The number of furan rings is 1. The molecule has 6 nitrogen and oxygen atoms in total. The molecule has 0 atom stereocenters. The van der Waals surface area contributed by atoms with Gasteiger partial charge in [0.2, 0.25) is 11.8 Å². The number of carbonyl (C=O) groups is 2. The van der Waals surface area contributed by atoms with Gasteiger partial charge in [0.1, 0.15) is 30.5 Å². The number of amides is 2. The number of benzene rings is 1. The van der Waals surface area contributed by atoms with Gasteiger partial charge in [-0.25, -0.2) is 4.39 Å². The summed E-state index contributed by atoms with van der Waals surface area (Å²) in [6, 6.07) is 9.49. The van der Waals surface area contributed by atoms with Gasteiger partial charge in [0.05, 0.1) is 6.54 Å². The zero-order valence-corrected chi connectivity index (χ0v) is 16.8. The quantitative estimate of drug-likeness (QED) is 0.660. The molecule has 0 N–H and O–H groups in total. The van der Waals surface area contributed by atoms with E-state index in [2.05, 4.69) is 0 Å². The summed E-state index contributed by atoms with van der Waals surface area (Å²) in [5, 5.41) is 0. The van der Waals surface area contributed by atoms with Gasteiger partial charge in [-0.1, -0.05) is 12.1 Å². The fourth-order valence-electron chi connectivity index (χ4n) is 2.81. The van der Waals surface area contributed by atoms with E-state index >= 15 is 0 Å². The van der Waals surface area contributed by atoms with Gasteiger partial charge >= 0.3 is 0 Å². The Hall–Kier alpha value is -2.67. The topological polar surface area (TPSA) is 63.0 Å². The van der Waals surface area contributed by atoms with Crippen molar-refractivity contribution >= 4 is 11.8 Å². The van der Waals surface area contributed by atoms with E-state index in [1.54, 1.807) is 17.0 Å². The van der Waals surface area contributed by atoms with Crippen molar-refractivity contribution in [2.45, 2.75) is 39.9 Å². The highest BCUT2D eigenvalue weighted by molar-refractivity contribution is 5.85. The van der Waals surface area contributed by atoms with Gasteiger partial charge in [0.15, 0.2) is 0 Å². The Morgan fingerprint density at radius 1 is 1.07 bits per heavy atom. The zero-order valence-electron chi connectivity index (χ0n) is 16.8. The molecule has 1 heterocycles. The molecular formula is C21H27FN2O4. The van der Waals surface area contributed by atoms with Crippen molar-refractivity contribution in [3.05, 3.63) is 59.3 Å². The minimum absolute atomic E-state index is 0.0687.